The molecule has 2 heterocycles. The number of aliphatic carboxylic acids is 1. The van der Waals surface area contributed by atoms with Crippen molar-refractivity contribution in [3.63, 3.8) is 0 Å². The number of carboxylic acids is 1. The number of rotatable bonds is 2. The predicted molar refractivity (Wildman–Crippen MR) is 74.8 cm³/mol. The zero-order chi connectivity index (χ0) is 13.5. The normalized spacial score (nSPS) is 23.4. The molecule has 1 unspecified atom stereocenters. The summed E-state index contributed by atoms with van der Waals surface area (Å²) in [4.78, 5) is 25.2. The molecule has 0 spiro atoms. The monoisotopic (exact) mass is 396 g/mol. The molecule has 0 aliphatic carbocycles. The number of nitrogens with zero attached hydrogens (tertiary/aromatic N) is 1. The van der Waals surface area contributed by atoms with E-state index in [2.05, 4.69) is 31.9 Å². The minimum absolute atomic E-state index is 0.0499. The highest BCUT2D eigenvalue weighted by Gasteiger charge is 2.43. The molecule has 0 saturated carbocycles. The lowest BCUT2D eigenvalue weighted by atomic mass is 10.0. The molecule has 98 valence electrons. The second-order valence-electron chi connectivity index (χ2n) is 4.17. The second kappa shape index (κ2) is 4.92. The Labute approximate surface area is 124 Å². The van der Waals surface area contributed by atoms with E-state index >= 15 is 0 Å². The summed E-state index contributed by atoms with van der Waals surface area (Å²) < 4.78 is 1.65. The van der Waals surface area contributed by atoms with Crippen molar-refractivity contribution in [3.05, 3.63) is 19.2 Å². The van der Waals surface area contributed by atoms with E-state index in [1.54, 1.807) is 6.07 Å². The Morgan fingerprint density at radius 2 is 2.17 bits per heavy atom. The average molecular weight is 398 g/mol. The fourth-order valence-electron chi connectivity index (χ4n) is 1.79. The molecule has 0 bridgehead atoms. The van der Waals surface area contributed by atoms with Gasteiger partial charge in [-0.2, -0.15) is 0 Å². The first-order chi connectivity index (χ1) is 8.33. The van der Waals surface area contributed by atoms with Gasteiger partial charge in [0, 0.05) is 17.6 Å². The van der Waals surface area contributed by atoms with Crippen molar-refractivity contribution >= 4 is 55.1 Å². The molecule has 1 amide bonds. The van der Waals surface area contributed by atoms with Crippen LogP contribution in [0, 0.1) is 0 Å². The first kappa shape index (κ1) is 14.0. The van der Waals surface area contributed by atoms with Crippen molar-refractivity contribution < 1.29 is 14.7 Å². The van der Waals surface area contributed by atoms with E-state index < -0.39 is 11.5 Å². The molecule has 2 rings (SSSR count). The number of amides is 1. The zero-order valence-electron chi connectivity index (χ0n) is 9.15. The van der Waals surface area contributed by atoms with E-state index in [0.717, 1.165) is 8.26 Å². The van der Waals surface area contributed by atoms with Crippen molar-refractivity contribution in [3.8, 4) is 0 Å². The largest absolute Gasteiger partial charge is 0.480 e. The quantitative estimate of drug-likeness (QED) is 0.798. The van der Waals surface area contributed by atoms with Gasteiger partial charge in [-0.25, -0.2) is 0 Å². The summed E-state index contributed by atoms with van der Waals surface area (Å²) in [5.74, 6) is -1.24. The van der Waals surface area contributed by atoms with Crippen LogP contribution in [0.1, 0.15) is 16.1 Å². The molecule has 0 aromatic carbocycles. The molecule has 1 aliphatic rings. The number of nitrogens with two attached hydrogens (primary N) is 1. The molecule has 1 saturated heterocycles. The van der Waals surface area contributed by atoms with Crippen LogP contribution in [-0.2, 0) is 4.79 Å². The molecule has 5 nitrogen and oxygen atoms in total. The smallest absolute Gasteiger partial charge is 0.325 e. The molecule has 1 fully saturated rings. The third-order valence-electron chi connectivity index (χ3n) is 2.87. The van der Waals surface area contributed by atoms with Crippen LogP contribution in [-0.4, -0.2) is 40.5 Å². The van der Waals surface area contributed by atoms with Crippen LogP contribution in [0.3, 0.4) is 0 Å². The Balaban J connectivity index is 2.15. The number of carbonyl (C=O) groups is 2. The first-order valence-electron chi connectivity index (χ1n) is 5.10. The van der Waals surface area contributed by atoms with Crippen LogP contribution >= 0.6 is 43.2 Å². The van der Waals surface area contributed by atoms with Gasteiger partial charge in [-0.1, -0.05) is 0 Å². The predicted octanol–water partition coefficient (Wildman–Crippen LogP) is 1.90. The molecule has 8 heteroatoms. The summed E-state index contributed by atoms with van der Waals surface area (Å²) in [7, 11) is 0. The number of hydrogen-bond donors (Lipinski definition) is 2. The van der Waals surface area contributed by atoms with Gasteiger partial charge in [0.15, 0.2) is 0 Å². The van der Waals surface area contributed by atoms with Gasteiger partial charge in [0.1, 0.15) is 5.54 Å². The van der Waals surface area contributed by atoms with Gasteiger partial charge >= 0.3 is 5.97 Å². The molecule has 18 heavy (non-hydrogen) atoms. The van der Waals surface area contributed by atoms with E-state index in [-0.39, 0.29) is 18.9 Å². The number of carbonyl (C=O) groups excluding carboxylic acids is 1. The highest BCUT2D eigenvalue weighted by molar-refractivity contribution is 9.13. The Bertz CT molecular complexity index is 500. The summed E-state index contributed by atoms with van der Waals surface area (Å²) >= 11 is 7.94. The van der Waals surface area contributed by atoms with Gasteiger partial charge in [0.2, 0.25) is 0 Å². The summed E-state index contributed by atoms with van der Waals surface area (Å²) in [5.41, 5.74) is 4.42. The SMILES string of the molecule is NC1(C(=O)O)CCN(C(=O)c2cc(Br)c(Br)s2)C1. The van der Waals surface area contributed by atoms with Gasteiger partial charge in [0.25, 0.3) is 5.91 Å². The molecule has 1 aliphatic heterocycles. The van der Waals surface area contributed by atoms with Crippen LogP contribution in [0.2, 0.25) is 0 Å². The fraction of sp³-hybridized carbons (Fsp3) is 0.400. The number of hydrogen-bond acceptors (Lipinski definition) is 4. The Hall–Kier alpha value is -0.440. The van der Waals surface area contributed by atoms with Gasteiger partial charge in [-0.05, 0) is 44.3 Å². The Kier molecular flexibility index (Phi) is 3.82. The lowest BCUT2D eigenvalue weighted by Gasteiger charge is -2.19. The molecule has 1 aromatic heterocycles. The summed E-state index contributed by atoms with van der Waals surface area (Å²) in [6, 6.07) is 1.72. The van der Waals surface area contributed by atoms with E-state index in [1.165, 1.54) is 16.2 Å². The number of likely N-dealkylation sites (tertiary alicyclic amines) is 1. The van der Waals surface area contributed by atoms with E-state index in [9.17, 15) is 9.59 Å². The van der Waals surface area contributed by atoms with Crippen molar-refractivity contribution in [2.45, 2.75) is 12.0 Å². The Morgan fingerprint density at radius 1 is 1.50 bits per heavy atom. The van der Waals surface area contributed by atoms with Crippen molar-refractivity contribution in [1.82, 2.24) is 4.90 Å². The van der Waals surface area contributed by atoms with Crippen LogP contribution in [0.4, 0.5) is 0 Å². The number of halogens is 2. The molecule has 1 aromatic rings. The topological polar surface area (TPSA) is 83.6 Å². The number of carboxylic acid groups (broad SMARTS) is 1. The molecule has 0 radical (unpaired) electrons. The van der Waals surface area contributed by atoms with E-state index in [1.807, 2.05) is 0 Å². The summed E-state index contributed by atoms with van der Waals surface area (Å²) in [6.07, 6.45) is 0.280. The maximum absolute atomic E-state index is 12.2. The maximum Gasteiger partial charge on any atom is 0.325 e. The Morgan fingerprint density at radius 3 is 2.61 bits per heavy atom. The maximum atomic E-state index is 12.2. The van der Waals surface area contributed by atoms with Crippen molar-refractivity contribution in [2.24, 2.45) is 5.73 Å². The lowest BCUT2D eigenvalue weighted by Crippen LogP contribution is -2.50. The minimum atomic E-state index is -1.32. The molecule has 1 atom stereocenters. The highest BCUT2D eigenvalue weighted by Crippen LogP contribution is 2.33. The van der Waals surface area contributed by atoms with Crippen molar-refractivity contribution in [2.75, 3.05) is 13.1 Å². The van der Waals surface area contributed by atoms with Gasteiger partial charge in [-0.3, -0.25) is 9.59 Å². The first-order valence-corrected chi connectivity index (χ1v) is 7.50. The van der Waals surface area contributed by atoms with Gasteiger partial charge in [0.05, 0.1) is 8.66 Å². The second-order valence-corrected chi connectivity index (χ2v) is 7.39. The van der Waals surface area contributed by atoms with Crippen LogP contribution in [0.15, 0.2) is 14.3 Å². The van der Waals surface area contributed by atoms with E-state index in [4.69, 9.17) is 10.8 Å². The third kappa shape index (κ3) is 2.47. The minimum Gasteiger partial charge on any atom is -0.480 e. The molecule has 3 N–H and O–H groups in total. The molecular formula is C10H10Br2N2O3S. The zero-order valence-corrected chi connectivity index (χ0v) is 13.1. The summed E-state index contributed by atoms with van der Waals surface area (Å²) in [5, 5.41) is 9.02. The van der Waals surface area contributed by atoms with E-state index in [0.29, 0.717) is 11.4 Å². The highest BCUT2D eigenvalue weighted by atomic mass is 79.9. The third-order valence-corrected chi connectivity index (χ3v) is 6.11. The summed E-state index contributed by atoms with van der Waals surface area (Å²) in [6.45, 7) is 0.420. The molecular weight excluding hydrogens is 388 g/mol. The van der Waals surface area contributed by atoms with Crippen LogP contribution in [0.5, 0.6) is 0 Å². The average Bonchev–Trinajstić information content (AvgIpc) is 2.84. The fourth-order valence-corrected chi connectivity index (χ4v) is 3.79. The lowest BCUT2D eigenvalue weighted by molar-refractivity contribution is -0.142. The number of thiophene rings is 1. The van der Waals surface area contributed by atoms with Crippen LogP contribution in [0.25, 0.3) is 0 Å². The van der Waals surface area contributed by atoms with Crippen molar-refractivity contribution in [1.29, 1.82) is 0 Å². The van der Waals surface area contributed by atoms with Gasteiger partial charge in [-0.15, -0.1) is 11.3 Å². The van der Waals surface area contributed by atoms with Gasteiger partial charge < -0.3 is 15.7 Å². The standard InChI is InChI=1S/C10H10Br2N2O3S/c11-5-3-6(18-7(5)12)8(15)14-2-1-10(13,4-14)9(16)17/h3H,1-2,4,13H2,(H,16,17). The van der Waals surface area contributed by atoms with Crippen LogP contribution < -0.4 is 5.73 Å².